The maximum absolute atomic E-state index is 13.6. The fourth-order valence-electron chi connectivity index (χ4n) is 4.01. The second kappa shape index (κ2) is 12.0. The van der Waals surface area contributed by atoms with Crippen LogP contribution >= 0.6 is 11.3 Å². The molecule has 1 aliphatic rings. The van der Waals surface area contributed by atoms with Gasteiger partial charge < -0.3 is 15.0 Å². The van der Waals surface area contributed by atoms with Crippen LogP contribution in [-0.2, 0) is 20.7 Å². The summed E-state index contributed by atoms with van der Waals surface area (Å²) in [5.74, 6) is -0.684. The third kappa shape index (κ3) is 6.87. The minimum absolute atomic E-state index is 0.116. The smallest absolute Gasteiger partial charge is 0.247 e. The predicted octanol–water partition coefficient (Wildman–Crippen LogP) is 4.49. The number of carbonyl (C=O) groups excluding carboxylic acids is 2. The van der Waals surface area contributed by atoms with Crippen LogP contribution in [0.15, 0.2) is 41.8 Å². The van der Waals surface area contributed by atoms with Crippen molar-refractivity contribution in [1.29, 1.82) is 0 Å². The molecule has 0 bridgehead atoms. The molecule has 1 N–H and O–H groups in total. The quantitative estimate of drug-likeness (QED) is 0.518. The van der Waals surface area contributed by atoms with Crippen LogP contribution in [0.5, 0.6) is 0 Å². The Bertz CT molecular complexity index is 820. The number of thiophene rings is 1. The standard InChI is InChI=1S/C24H31FN2O3S/c1-2-30-15-6-14-27(22(28)17-21-9-5-16-31-21)23(18-10-12-19(25)13-11-18)24(29)26-20-7-3-4-8-20/h5,9-13,16,20,23H,2-4,6-8,14-15,17H2,1H3,(H,26,29)/t23-/m0/s1. The largest absolute Gasteiger partial charge is 0.382 e. The Morgan fingerprint density at radius 2 is 1.97 bits per heavy atom. The number of hydrogen-bond acceptors (Lipinski definition) is 4. The number of hydrogen-bond donors (Lipinski definition) is 1. The van der Waals surface area contributed by atoms with Gasteiger partial charge in [0.05, 0.1) is 6.42 Å². The van der Waals surface area contributed by atoms with Crippen molar-refractivity contribution >= 4 is 23.2 Å². The van der Waals surface area contributed by atoms with Gasteiger partial charge in [-0.15, -0.1) is 11.3 Å². The molecule has 1 fully saturated rings. The second-order valence-corrected chi connectivity index (χ2v) is 8.87. The molecule has 0 radical (unpaired) electrons. The highest BCUT2D eigenvalue weighted by Crippen LogP contribution is 2.26. The summed E-state index contributed by atoms with van der Waals surface area (Å²) in [6.07, 6.45) is 4.97. The zero-order chi connectivity index (χ0) is 22.1. The Kier molecular flexibility index (Phi) is 9.03. The lowest BCUT2D eigenvalue weighted by molar-refractivity contribution is -0.141. The van der Waals surface area contributed by atoms with Gasteiger partial charge in [0.2, 0.25) is 11.8 Å². The van der Waals surface area contributed by atoms with Crippen LogP contribution in [0.25, 0.3) is 0 Å². The van der Waals surface area contributed by atoms with Crippen molar-refractivity contribution in [3.05, 3.63) is 58.0 Å². The van der Waals surface area contributed by atoms with E-state index in [1.807, 2.05) is 24.4 Å². The third-order valence-electron chi connectivity index (χ3n) is 5.57. The van der Waals surface area contributed by atoms with E-state index in [-0.39, 0.29) is 30.1 Å². The lowest BCUT2D eigenvalue weighted by Crippen LogP contribution is -2.47. The molecule has 0 aliphatic heterocycles. The number of ether oxygens (including phenoxy) is 1. The molecule has 2 aromatic rings. The summed E-state index contributed by atoms with van der Waals surface area (Å²) in [6, 6.07) is 9.05. The lowest BCUT2D eigenvalue weighted by atomic mass is 10.0. The van der Waals surface area contributed by atoms with Crippen molar-refractivity contribution in [3.63, 3.8) is 0 Å². The molecule has 3 rings (SSSR count). The maximum Gasteiger partial charge on any atom is 0.247 e. The Balaban J connectivity index is 1.86. The van der Waals surface area contributed by atoms with Gasteiger partial charge in [-0.1, -0.05) is 31.0 Å². The molecule has 1 atom stereocenters. The van der Waals surface area contributed by atoms with Crippen molar-refractivity contribution < 1.29 is 18.7 Å². The topological polar surface area (TPSA) is 58.6 Å². The number of halogens is 1. The molecule has 2 amide bonds. The zero-order valence-corrected chi connectivity index (χ0v) is 18.8. The van der Waals surface area contributed by atoms with Crippen molar-refractivity contribution in [2.24, 2.45) is 0 Å². The Morgan fingerprint density at radius 3 is 2.61 bits per heavy atom. The lowest BCUT2D eigenvalue weighted by Gasteiger charge is -2.32. The van der Waals surface area contributed by atoms with Crippen molar-refractivity contribution in [1.82, 2.24) is 10.2 Å². The van der Waals surface area contributed by atoms with E-state index in [0.717, 1.165) is 30.6 Å². The molecule has 0 saturated heterocycles. The van der Waals surface area contributed by atoms with Gasteiger partial charge in [0, 0.05) is 30.7 Å². The van der Waals surface area contributed by atoms with Gasteiger partial charge in [-0.2, -0.15) is 0 Å². The molecule has 1 heterocycles. The van der Waals surface area contributed by atoms with Crippen LogP contribution in [0, 0.1) is 5.82 Å². The Morgan fingerprint density at radius 1 is 1.23 bits per heavy atom. The van der Waals surface area contributed by atoms with Crippen LogP contribution in [0.4, 0.5) is 4.39 Å². The zero-order valence-electron chi connectivity index (χ0n) is 18.0. The highest BCUT2D eigenvalue weighted by Gasteiger charge is 2.33. The Labute approximate surface area is 187 Å². The highest BCUT2D eigenvalue weighted by atomic mass is 32.1. The van der Waals surface area contributed by atoms with Gasteiger partial charge in [0.25, 0.3) is 0 Å². The summed E-state index contributed by atoms with van der Waals surface area (Å²) < 4.78 is 19.0. The van der Waals surface area contributed by atoms with Crippen LogP contribution in [-0.4, -0.2) is 42.5 Å². The van der Waals surface area contributed by atoms with E-state index >= 15 is 0 Å². The van der Waals surface area contributed by atoms with E-state index in [0.29, 0.717) is 31.7 Å². The SMILES string of the molecule is CCOCCCN(C(=O)Cc1cccs1)[C@H](C(=O)NC1CCCC1)c1ccc(F)cc1. The summed E-state index contributed by atoms with van der Waals surface area (Å²) in [5, 5.41) is 5.07. The number of amides is 2. The van der Waals surface area contributed by atoms with Crippen molar-refractivity contribution in [2.75, 3.05) is 19.8 Å². The van der Waals surface area contributed by atoms with E-state index in [1.54, 1.807) is 17.0 Å². The third-order valence-corrected chi connectivity index (χ3v) is 6.44. The Hall–Kier alpha value is -2.25. The average Bonchev–Trinajstić information content (AvgIpc) is 3.45. The van der Waals surface area contributed by atoms with Crippen LogP contribution in [0.2, 0.25) is 0 Å². The number of nitrogens with zero attached hydrogens (tertiary/aromatic N) is 1. The normalized spacial score (nSPS) is 15.0. The first kappa shape index (κ1) is 23.4. The van der Waals surface area contributed by atoms with Gasteiger partial charge >= 0.3 is 0 Å². The minimum Gasteiger partial charge on any atom is -0.382 e. The van der Waals surface area contributed by atoms with E-state index < -0.39 is 6.04 Å². The van der Waals surface area contributed by atoms with Gasteiger partial charge in [-0.25, -0.2) is 4.39 Å². The first-order valence-corrected chi connectivity index (χ1v) is 11.9. The molecular formula is C24H31FN2O3S. The van der Waals surface area contributed by atoms with Gasteiger partial charge in [0.15, 0.2) is 0 Å². The molecule has 1 aromatic heterocycles. The summed E-state index contributed by atoms with van der Waals surface area (Å²) in [4.78, 5) is 29.3. The van der Waals surface area contributed by atoms with Crippen molar-refractivity contribution in [3.8, 4) is 0 Å². The monoisotopic (exact) mass is 446 g/mol. The number of carbonyl (C=O) groups is 2. The number of rotatable bonds is 11. The first-order valence-electron chi connectivity index (χ1n) is 11.0. The number of benzene rings is 1. The molecule has 0 unspecified atom stereocenters. The molecule has 7 heteroatoms. The minimum atomic E-state index is -0.796. The first-order chi connectivity index (χ1) is 15.1. The fourth-order valence-corrected chi connectivity index (χ4v) is 4.71. The highest BCUT2D eigenvalue weighted by molar-refractivity contribution is 7.10. The predicted molar refractivity (Wildman–Crippen MR) is 120 cm³/mol. The molecular weight excluding hydrogens is 415 g/mol. The van der Waals surface area contributed by atoms with E-state index in [2.05, 4.69) is 5.32 Å². The summed E-state index contributed by atoms with van der Waals surface area (Å²) in [5.41, 5.74) is 0.618. The molecule has 5 nitrogen and oxygen atoms in total. The van der Waals surface area contributed by atoms with Crippen LogP contribution in [0.1, 0.15) is 55.5 Å². The van der Waals surface area contributed by atoms with Gasteiger partial charge in [0.1, 0.15) is 11.9 Å². The maximum atomic E-state index is 13.6. The average molecular weight is 447 g/mol. The van der Waals surface area contributed by atoms with E-state index in [9.17, 15) is 14.0 Å². The molecule has 1 aromatic carbocycles. The van der Waals surface area contributed by atoms with Crippen LogP contribution < -0.4 is 5.32 Å². The van der Waals surface area contributed by atoms with E-state index in [4.69, 9.17) is 4.74 Å². The number of nitrogens with one attached hydrogen (secondary N) is 1. The fraction of sp³-hybridized carbons (Fsp3) is 0.500. The molecule has 31 heavy (non-hydrogen) atoms. The van der Waals surface area contributed by atoms with E-state index in [1.165, 1.54) is 23.5 Å². The summed E-state index contributed by atoms with van der Waals surface area (Å²) in [7, 11) is 0. The summed E-state index contributed by atoms with van der Waals surface area (Å²) in [6.45, 7) is 3.44. The van der Waals surface area contributed by atoms with Gasteiger partial charge in [-0.3, -0.25) is 9.59 Å². The second-order valence-electron chi connectivity index (χ2n) is 7.84. The molecule has 0 spiro atoms. The molecule has 1 saturated carbocycles. The summed E-state index contributed by atoms with van der Waals surface area (Å²) >= 11 is 1.52. The molecule has 168 valence electrons. The van der Waals surface area contributed by atoms with Gasteiger partial charge in [-0.05, 0) is 55.3 Å². The van der Waals surface area contributed by atoms with Crippen LogP contribution in [0.3, 0.4) is 0 Å². The molecule has 1 aliphatic carbocycles. The van der Waals surface area contributed by atoms with Crippen molar-refractivity contribution in [2.45, 2.75) is 57.5 Å².